The maximum absolute atomic E-state index is 13.6. The Morgan fingerprint density at radius 2 is 1.77 bits per heavy atom. The lowest BCUT2D eigenvalue weighted by Gasteiger charge is -2.27. The van der Waals surface area contributed by atoms with E-state index in [-0.39, 0.29) is 18.2 Å². The highest BCUT2D eigenvalue weighted by Crippen LogP contribution is 2.42. The van der Waals surface area contributed by atoms with Crippen LogP contribution in [0.3, 0.4) is 0 Å². The zero-order valence-corrected chi connectivity index (χ0v) is 21.9. The van der Waals surface area contributed by atoms with E-state index >= 15 is 0 Å². The second kappa shape index (κ2) is 11.7. The van der Waals surface area contributed by atoms with E-state index in [0.717, 1.165) is 28.8 Å². The average Bonchev–Trinajstić information content (AvgIpc) is 3.50. The van der Waals surface area contributed by atoms with Crippen LogP contribution in [0.5, 0.6) is 0 Å². The van der Waals surface area contributed by atoms with Crippen molar-refractivity contribution in [1.29, 1.82) is 0 Å². The molecule has 0 unspecified atom stereocenters. The summed E-state index contributed by atoms with van der Waals surface area (Å²) in [5.41, 5.74) is 9.35. The molecule has 2 aliphatic rings. The molecule has 0 saturated carbocycles. The van der Waals surface area contributed by atoms with Crippen molar-refractivity contribution in [3.8, 4) is 22.5 Å². The summed E-state index contributed by atoms with van der Waals surface area (Å²) in [6.45, 7) is 3.78. The van der Waals surface area contributed by atoms with E-state index in [4.69, 9.17) is 4.74 Å². The van der Waals surface area contributed by atoms with Gasteiger partial charge in [0.05, 0.1) is 35.7 Å². The van der Waals surface area contributed by atoms with Crippen LogP contribution in [0.25, 0.3) is 22.5 Å². The molecule has 0 bridgehead atoms. The normalized spacial score (nSPS) is 14.3. The number of rotatable bonds is 7. The standard InChI is InChI=1S/C28H27N7O3.ClH/c36-27-23-21(4-1-5-22(23)31-28(37)34-35-11-13-38-14-12-35)26-24(27)25(32-33-26)20-8-6-18(7-9-20)15-30-17-19-3-2-10-29-16-19;/h1-10,16,30H,11-15,17H2,(H,32,33)(H2,31,34,37);1H. The van der Waals surface area contributed by atoms with E-state index in [0.29, 0.717) is 61.1 Å². The van der Waals surface area contributed by atoms with Crippen molar-refractivity contribution in [2.45, 2.75) is 13.1 Å². The lowest BCUT2D eigenvalue weighted by atomic mass is 10.0. The van der Waals surface area contributed by atoms with Crippen LogP contribution in [0.1, 0.15) is 27.0 Å². The van der Waals surface area contributed by atoms with Gasteiger partial charge in [-0.05, 0) is 23.3 Å². The largest absolute Gasteiger partial charge is 0.379 e. The molecule has 0 spiro atoms. The van der Waals surface area contributed by atoms with Crippen molar-refractivity contribution < 1.29 is 14.3 Å². The molecule has 0 radical (unpaired) electrons. The van der Waals surface area contributed by atoms with E-state index in [2.05, 4.69) is 31.2 Å². The van der Waals surface area contributed by atoms with Crippen molar-refractivity contribution in [2.24, 2.45) is 0 Å². The van der Waals surface area contributed by atoms with Crippen molar-refractivity contribution in [3.63, 3.8) is 0 Å². The first-order chi connectivity index (χ1) is 18.7. The van der Waals surface area contributed by atoms with Crippen LogP contribution >= 0.6 is 12.4 Å². The first kappa shape index (κ1) is 26.5. The van der Waals surface area contributed by atoms with E-state index < -0.39 is 6.03 Å². The summed E-state index contributed by atoms with van der Waals surface area (Å²) in [7, 11) is 0. The molecular formula is C28H28ClN7O3. The molecule has 3 heterocycles. The topological polar surface area (TPSA) is 124 Å². The van der Waals surface area contributed by atoms with Gasteiger partial charge in [-0.2, -0.15) is 5.10 Å². The number of amides is 2. The zero-order chi connectivity index (χ0) is 25.9. The Morgan fingerprint density at radius 1 is 0.974 bits per heavy atom. The minimum atomic E-state index is -0.394. The van der Waals surface area contributed by atoms with E-state index in [9.17, 15) is 9.59 Å². The highest BCUT2D eigenvalue weighted by Gasteiger charge is 2.35. The van der Waals surface area contributed by atoms with E-state index in [1.807, 2.05) is 54.7 Å². The van der Waals surface area contributed by atoms with Crippen LogP contribution in [-0.4, -0.2) is 58.3 Å². The third-order valence-electron chi connectivity index (χ3n) is 6.68. The van der Waals surface area contributed by atoms with Crippen LogP contribution in [0.15, 0.2) is 67.0 Å². The van der Waals surface area contributed by atoms with Gasteiger partial charge < -0.3 is 15.4 Å². The summed E-state index contributed by atoms with van der Waals surface area (Å²) < 4.78 is 5.32. The number of urea groups is 1. The minimum absolute atomic E-state index is 0. The van der Waals surface area contributed by atoms with Crippen molar-refractivity contribution in [3.05, 3.63) is 89.2 Å². The molecule has 4 aromatic rings. The summed E-state index contributed by atoms with van der Waals surface area (Å²) in [6, 6.07) is 17.0. The summed E-state index contributed by atoms with van der Waals surface area (Å²) in [4.78, 5) is 30.4. The van der Waals surface area contributed by atoms with Gasteiger partial charge in [-0.15, -0.1) is 12.4 Å². The number of hydrogen-bond donors (Lipinski definition) is 4. The number of morpholine rings is 1. The maximum atomic E-state index is 13.6. The molecule has 200 valence electrons. The number of anilines is 1. The van der Waals surface area contributed by atoms with Crippen LogP contribution in [0.4, 0.5) is 10.5 Å². The van der Waals surface area contributed by atoms with Gasteiger partial charge in [0.25, 0.3) is 0 Å². The number of H-pyrrole nitrogens is 1. The van der Waals surface area contributed by atoms with E-state index in [1.54, 1.807) is 17.3 Å². The second-order valence-corrected chi connectivity index (χ2v) is 9.21. The molecule has 2 amide bonds. The van der Waals surface area contributed by atoms with Crippen LogP contribution in [0.2, 0.25) is 0 Å². The monoisotopic (exact) mass is 545 g/mol. The molecule has 2 aromatic heterocycles. The molecule has 0 atom stereocenters. The number of hydrogen-bond acceptors (Lipinski definition) is 7. The number of ether oxygens (including phenoxy) is 1. The summed E-state index contributed by atoms with van der Waals surface area (Å²) in [5, 5.41) is 15.6. The smallest absolute Gasteiger partial charge is 0.333 e. The first-order valence-electron chi connectivity index (χ1n) is 12.5. The Hall–Kier alpha value is -4.09. The Kier molecular flexibility index (Phi) is 7.99. The Morgan fingerprint density at radius 3 is 2.54 bits per heavy atom. The van der Waals surface area contributed by atoms with Gasteiger partial charge in [0.1, 0.15) is 5.69 Å². The Labute approximate surface area is 231 Å². The number of benzene rings is 2. The predicted molar refractivity (Wildman–Crippen MR) is 149 cm³/mol. The van der Waals surface area contributed by atoms with Gasteiger partial charge in [-0.3, -0.25) is 20.3 Å². The molecular weight excluding hydrogens is 518 g/mol. The number of aromatic amines is 1. The third kappa shape index (κ3) is 5.55. The van der Waals surface area contributed by atoms with Crippen molar-refractivity contribution in [2.75, 3.05) is 31.6 Å². The lowest BCUT2D eigenvalue weighted by Crippen LogP contribution is -2.49. The zero-order valence-electron chi connectivity index (χ0n) is 21.1. The second-order valence-electron chi connectivity index (χ2n) is 9.21. The van der Waals surface area contributed by atoms with Crippen LogP contribution < -0.4 is 16.1 Å². The average molecular weight is 546 g/mol. The molecule has 6 rings (SSSR count). The molecule has 4 N–H and O–H groups in total. The van der Waals surface area contributed by atoms with Gasteiger partial charge in [0, 0.05) is 49.7 Å². The van der Waals surface area contributed by atoms with Crippen molar-refractivity contribution >= 4 is 29.9 Å². The highest BCUT2D eigenvalue weighted by atomic mass is 35.5. The minimum Gasteiger partial charge on any atom is -0.379 e. The molecule has 2 aromatic carbocycles. The quantitative estimate of drug-likeness (QED) is 0.245. The summed E-state index contributed by atoms with van der Waals surface area (Å²) in [5.74, 6) is -0.164. The number of fused-ring (bicyclic) bond motifs is 3. The number of ketones is 1. The fraction of sp³-hybridized carbons (Fsp3) is 0.214. The first-order valence-corrected chi connectivity index (χ1v) is 12.5. The SMILES string of the molecule is Cl.O=C(Nc1cccc2c1C(=O)c1c(-c3ccc(CNCc4cccnc4)cc3)n[nH]c1-2)NN1CCOCC1. The number of halogens is 1. The molecule has 1 aliphatic carbocycles. The molecule has 1 saturated heterocycles. The number of aromatic nitrogens is 3. The van der Waals surface area contributed by atoms with Gasteiger partial charge >= 0.3 is 6.03 Å². The Bertz CT molecular complexity index is 1470. The Balaban J connectivity index is 0.00000308. The number of nitrogens with one attached hydrogen (secondary N) is 4. The third-order valence-corrected chi connectivity index (χ3v) is 6.68. The fourth-order valence-corrected chi connectivity index (χ4v) is 4.80. The number of hydrazine groups is 1. The fourth-order valence-electron chi connectivity index (χ4n) is 4.80. The molecule has 1 aliphatic heterocycles. The molecule has 10 nitrogen and oxygen atoms in total. The van der Waals surface area contributed by atoms with Crippen LogP contribution in [-0.2, 0) is 17.8 Å². The van der Waals surface area contributed by atoms with Gasteiger partial charge in [0.2, 0.25) is 0 Å². The van der Waals surface area contributed by atoms with E-state index in [1.165, 1.54) is 0 Å². The molecule has 39 heavy (non-hydrogen) atoms. The predicted octanol–water partition coefficient (Wildman–Crippen LogP) is 3.76. The summed E-state index contributed by atoms with van der Waals surface area (Å²) in [6.07, 6.45) is 3.61. The number of carbonyl (C=O) groups is 2. The van der Waals surface area contributed by atoms with Gasteiger partial charge in [-0.25, -0.2) is 9.80 Å². The van der Waals surface area contributed by atoms with Gasteiger partial charge in [0.15, 0.2) is 5.78 Å². The number of pyridine rings is 1. The maximum Gasteiger partial charge on any atom is 0.333 e. The van der Waals surface area contributed by atoms with Gasteiger partial charge in [-0.1, -0.05) is 42.5 Å². The lowest BCUT2D eigenvalue weighted by molar-refractivity contribution is 0.0207. The van der Waals surface area contributed by atoms with Crippen molar-refractivity contribution in [1.82, 2.24) is 30.9 Å². The number of carbonyl (C=O) groups excluding carboxylic acids is 2. The number of nitrogens with zero attached hydrogens (tertiary/aromatic N) is 3. The molecule has 1 fully saturated rings. The molecule has 11 heteroatoms. The van der Waals surface area contributed by atoms with Crippen LogP contribution in [0, 0.1) is 0 Å². The highest BCUT2D eigenvalue weighted by molar-refractivity contribution is 6.26. The summed E-state index contributed by atoms with van der Waals surface area (Å²) >= 11 is 0.